The smallest absolute Gasteiger partial charge is 0.326 e. The van der Waals surface area contributed by atoms with Gasteiger partial charge in [-0.05, 0) is 57.8 Å². The van der Waals surface area contributed by atoms with Gasteiger partial charge in [-0.15, -0.1) is 0 Å². The number of rotatable bonds is 63. The van der Waals surface area contributed by atoms with Gasteiger partial charge in [0.25, 0.3) is 0 Å². The van der Waals surface area contributed by atoms with Crippen LogP contribution >= 0.6 is 0 Å². The molecule has 0 bridgehead atoms. The van der Waals surface area contributed by atoms with E-state index in [1.165, 1.54) is 38.4 Å². The number of H-pyrrole nitrogens is 1. The third kappa shape index (κ3) is 45.7. The van der Waals surface area contributed by atoms with Crippen molar-refractivity contribution >= 4 is 70.6 Å². The molecule has 11 N–H and O–H groups in total. The number of carboxylic acids is 4. The van der Waals surface area contributed by atoms with Crippen LogP contribution in [0, 0.1) is 11.8 Å². The minimum absolute atomic E-state index is 0.00238. The van der Waals surface area contributed by atoms with E-state index in [0.29, 0.717) is 51.4 Å². The maximum atomic E-state index is 12.7. The molecule has 0 aliphatic rings. The zero-order valence-electron chi connectivity index (χ0n) is 53.1. The van der Waals surface area contributed by atoms with Gasteiger partial charge in [-0.2, -0.15) is 0 Å². The van der Waals surface area contributed by atoms with E-state index in [0.717, 1.165) is 57.1 Å². The summed E-state index contributed by atoms with van der Waals surface area (Å²) in [5, 5.41) is 47.8. The average molecular weight is 1280 g/mol. The predicted molar refractivity (Wildman–Crippen MR) is 330 cm³/mol. The number of nitrogens with two attached hydrogens (primary N) is 1. The Bertz CT molecular complexity index is 2250. The molecule has 27 heteroatoms. The molecule has 27 nitrogen and oxygen atoms in total. The highest BCUT2D eigenvalue weighted by molar-refractivity contribution is 5.88. The van der Waals surface area contributed by atoms with Crippen LogP contribution in [0.4, 0.5) is 0 Å². The summed E-state index contributed by atoms with van der Waals surface area (Å²) in [5.41, 5.74) is 6.79. The van der Waals surface area contributed by atoms with Crippen molar-refractivity contribution in [2.24, 2.45) is 17.6 Å². The number of nitrogens with one attached hydrogen (secondary N) is 5. The van der Waals surface area contributed by atoms with E-state index in [-0.39, 0.29) is 146 Å². The van der Waals surface area contributed by atoms with Gasteiger partial charge in [0.1, 0.15) is 42.6 Å². The summed E-state index contributed by atoms with van der Waals surface area (Å²) >= 11 is 0. The minimum atomic E-state index is -1.43. The quantitative estimate of drug-likeness (QED) is 0.0359. The number of hydrogen-bond acceptors (Lipinski definition) is 18. The lowest BCUT2D eigenvalue weighted by Crippen LogP contribution is -2.42. The topological polar surface area (TPSA) is 426 Å². The lowest BCUT2D eigenvalue weighted by molar-refractivity contribution is -0.145. The molecule has 0 spiro atoms. The molecule has 1 heterocycles. The number of carbonyl (C=O) groups excluding carboxylic acids is 8. The molecule has 0 fully saturated rings. The minimum Gasteiger partial charge on any atom is -0.481 e. The lowest BCUT2D eigenvalue weighted by atomic mass is 9.89. The third-order valence-electron chi connectivity index (χ3n) is 15.0. The molecule has 90 heavy (non-hydrogen) atoms. The zero-order chi connectivity index (χ0) is 66.6. The second-order valence-corrected chi connectivity index (χ2v) is 22.7. The third-order valence-corrected chi connectivity index (χ3v) is 15.0. The van der Waals surface area contributed by atoms with Crippen molar-refractivity contribution in [2.45, 2.75) is 231 Å². The fourth-order valence-corrected chi connectivity index (χ4v) is 9.70. The molecule has 0 aliphatic carbocycles. The van der Waals surface area contributed by atoms with Crippen LogP contribution in [0.1, 0.15) is 212 Å². The van der Waals surface area contributed by atoms with Crippen LogP contribution in [-0.2, 0) is 82.9 Å². The van der Waals surface area contributed by atoms with Gasteiger partial charge in [-0.3, -0.25) is 47.9 Å². The number of carbonyl (C=O) groups is 12. The van der Waals surface area contributed by atoms with Crippen LogP contribution in [0.2, 0.25) is 0 Å². The summed E-state index contributed by atoms with van der Waals surface area (Å²) in [7, 11) is 0. The Kier molecular flexibility index (Phi) is 48.1. The molecule has 4 amide bonds. The van der Waals surface area contributed by atoms with Crippen LogP contribution in [0.15, 0.2) is 12.5 Å². The molecule has 1 rings (SSSR count). The summed E-state index contributed by atoms with van der Waals surface area (Å²) in [6.45, 7) is 2.22. The number of aliphatic carboxylic acids is 4. The second kappa shape index (κ2) is 53.1. The standard InChI is InChI=1S/C63H105N7O20/c1-2-54(73)46(24-29-55(74)51(64)41-48-42-65-45-68-48)20-17-18-32-66-56(75)31-28-53(63(85)86)70-58(77)30-25-47(61(81)82)40-50(72)43-89-38-37-88-35-33-67-59(78)44-90-39-36-87-34-19-21-49(71)26-27-52(62(83)84)69-57(76)22-15-13-11-9-7-5-3-4-6-8-10-12-14-16-23-60(79)80/h42,45-47,51-53H,2-41,43-44,64H2,1H3,(H,65,68)(H,66,75)(H,67,78)(H,69,76)(H,70,77)(H,79,80)(H,81,82)(H,83,84)(H,85,86)/t46-,47-,51+,52+,53+/m1/s1. The van der Waals surface area contributed by atoms with Crippen LogP contribution in [-0.4, -0.2) is 185 Å². The van der Waals surface area contributed by atoms with Crippen molar-refractivity contribution in [3.05, 3.63) is 18.2 Å². The number of amides is 4. The van der Waals surface area contributed by atoms with Crippen molar-refractivity contribution in [2.75, 3.05) is 65.9 Å². The predicted octanol–water partition coefficient (Wildman–Crippen LogP) is 5.51. The molecule has 0 saturated heterocycles. The van der Waals surface area contributed by atoms with Crippen molar-refractivity contribution in [1.82, 2.24) is 31.2 Å². The highest BCUT2D eigenvalue weighted by Gasteiger charge is 2.26. The Hall–Kier alpha value is -6.55. The summed E-state index contributed by atoms with van der Waals surface area (Å²) < 4.78 is 21.4. The van der Waals surface area contributed by atoms with Crippen molar-refractivity contribution in [3.8, 4) is 0 Å². The Labute approximate surface area is 529 Å². The SMILES string of the molecule is CCC(=O)[C@H](CCCCNC(=O)CC[C@H](NC(=O)CC[C@H](CC(=O)COCCOCCNC(=O)COCCOCCCC(=O)CC[C@H](NC(=O)CCCCCCCCCCCCCCCCC(=O)O)C(=O)O)C(=O)O)C(=O)O)CCC(=O)[C@@H](N)Cc1cnc[nH]1. The number of nitrogens with zero attached hydrogens (tertiary/aromatic N) is 1. The van der Waals surface area contributed by atoms with Gasteiger partial charge in [-0.25, -0.2) is 14.6 Å². The van der Waals surface area contributed by atoms with Gasteiger partial charge in [-0.1, -0.05) is 90.4 Å². The summed E-state index contributed by atoms with van der Waals surface area (Å²) in [6.07, 6.45) is 20.2. The number of aromatic amines is 1. The van der Waals surface area contributed by atoms with Gasteiger partial charge in [0.05, 0.1) is 51.3 Å². The monoisotopic (exact) mass is 1280 g/mol. The van der Waals surface area contributed by atoms with Crippen molar-refractivity contribution < 1.29 is 96.9 Å². The number of ether oxygens (including phenoxy) is 4. The maximum Gasteiger partial charge on any atom is 0.326 e. The summed E-state index contributed by atoms with van der Waals surface area (Å²) in [4.78, 5) is 153. The number of ketones is 4. The number of hydrogen-bond donors (Lipinski definition) is 10. The number of unbranched alkanes of at least 4 members (excludes halogenated alkanes) is 14. The van der Waals surface area contributed by atoms with Gasteiger partial charge in [0.15, 0.2) is 5.78 Å². The first-order chi connectivity index (χ1) is 43.2. The van der Waals surface area contributed by atoms with Gasteiger partial charge in [0.2, 0.25) is 23.6 Å². The van der Waals surface area contributed by atoms with Gasteiger partial charge >= 0.3 is 23.9 Å². The normalized spacial score (nSPS) is 12.9. The number of Topliss-reactive ketones (excluding diaryl/α,β-unsaturated/α-hetero) is 4. The van der Waals surface area contributed by atoms with E-state index in [1.54, 1.807) is 13.1 Å². The van der Waals surface area contributed by atoms with Gasteiger partial charge < -0.3 is 71.4 Å². The Morgan fingerprint density at radius 1 is 0.467 bits per heavy atom. The van der Waals surface area contributed by atoms with E-state index < -0.39 is 90.9 Å². The molecule has 0 aromatic carbocycles. The molecular formula is C63H105N7O20. The van der Waals surface area contributed by atoms with Gasteiger partial charge in [0, 0.05) is 102 Å². The zero-order valence-corrected chi connectivity index (χ0v) is 53.1. The molecule has 1 aromatic rings. The van der Waals surface area contributed by atoms with Crippen molar-refractivity contribution in [1.29, 1.82) is 0 Å². The largest absolute Gasteiger partial charge is 0.481 e. The van der Waals surface area contributed by atoms with E-state index in [4.69, 9.17) is 29.8 Å². The molecule has 0 aliphatic heterocycles. The first kappa shape index (κ1) is 81.5. The van der Waals surface area contributed by atoms with E-state index >= 15 is 0 Å². The summed E-state index contributed by atoms with van der Waals surface area (Å²) in [6, 6.07) is -3.29. The number of carboxylic acid groups (broad SMARTS) is 4. The van der Waals surface area contributed by atoms with E-state index in [2.05, 4.69) is 31.2 Å². The Morgan fingerprint density at radius 3 is 1.56 bits per heavy atom. The van der Waals surface area contributed by atoms with Crippen molar-refractivity contribution in [3.63, 3.8) is 0 Å². The van der Waals surface area contributed by atoms with E-state index in [1.807, 2.05) is 0 Å². The number of imidazole rings is 1. The lowest BCUT2D eigenvalue weighted by Gasteiger charge is -2.17. The highest BCUT2D eigenvalue weighted by atomic mass is 16.5. The van der Waals surface area contributed by atoms with Crippen LogP contribution in [0.25, 0.3) is 0 Å². The number of aromatic nitrogens is 2. The second-order valence-electron chi connectivity index (χ2n) is 22.7. The van der Waals surface area contributed by atoms with E-state index in [9.17, 15) is 72.9 Å². The molecule has 0 radical (unpaired) electrons. The average Bonchev–Trinajstić information content (AvgIpc) is 3.00. The fourth-order valence-electron chi connectivity index (χ4n) is 9.70. The fraction of sp³-hybridized carbons (Fsp3) is 0.762. The first-order valence-corrected chi connectivity index (χ1v) is 32.4. The molecule has 5 atom stereocenters. The maximum absolute atomic E-state index is 12.7. The first-order valence-electron chi connectivity index (χ1n) is 32.4. The molecule has 1 aromatic heterocycles. The van der Waals surface area contributed by atoms with Crippen LogP contribution in [0.3, 0.4) is 0 Å². The highest BCUT2D eigenvalue weighted by Crippen LogP contribution is 2.20. The molecule has 512 valence electrons. The molecule has 0 unspecified atom stereocenters. The van der Waals surface area contributed by atoms with Crippen LogP contribution < -0.4 is 27.0 Å². The molecule has 0 saturated carbocycles. The Balaban J connectivity index is 2.10. The molecular weight excluding hydrogens is 1170 g/mol. The van der Waals surface area contributed by atoms with Crippen LogP contribution in [0.5, 0.6) is 0 Å². The summed E-state index contributed by atoms with van der Waals surface area (Å²) in [5.74, 6) is -8.98. The Morgan fingerprint density at radius 2 is 0.989 bits per heavy atom.